The lowest BCUT2D eigenvalue weighted by molar-refractivity contribution is -0.119. The van der Waals surface area contributed by atoms with Gasteiger partial charge in [0, 0.05) is 12.1 Å². The number of imidazole rings is 1. The molecule has 1 unspecified atom stereocenters. The first-order valence-corrected chi connectivity index (χ1v) is 12.9. The molecule has 0 saturated carbocycles. The normalized spacial score (nSPS) is 11.8. The van der Waals surface area contributed by atoms with Crippen molar-refractivity contribution in [3.05, 3.63) is 127 Å². The molecule has 40 heavy (non-hydrogen) atoms. The van der Waals surface area contributed by atoms with E-state index in [9.17, 15) is 21.8 Å². The number of aromatic amines is 1. The van der Waals surface area contributed by atoms with E-state index in [2.05, 4.69) is 21.3 Å². The first-order valence-electron chi connectivity index (χ1n) is 11.8. The van der Waals surface area contributed by atoms with E-state index in [4.69, 9.17) is 9.84 Å². The highest BCUT2D eigenvalue weighted by Crippen LogP contribution is 2.24. The summed E-state index contributed by atoms with van der Waals surface area (Å²) in [6.45, 7) is 2.26. The molecule has 1 aromatic heterocycles. The maximum Gasteiger partial charge on any atom is 0.448 e. The van der Waals surface area contributed by atoms with Gasteiger partial charge >= 0.3 is 6.18 Å². The minimum absolute atomic E-state index is 0.114. The number of allylic oxidation sites excluding steroid dienone is 1. The van der Waals surface area contributed by atoms with Gasteiger partial charge in [0.15, 0.2) is 16.7 Å². The average Bonchev–Trinajstić information content (AvgIpc) is 3.32. The van der Waals surface area contributed by atoms with Crippen LogP contribution in [0.1, 0.15) is 11.4 Å². The molecule has 5 rings (SSSR count). The van der Waals surface area contributed by atoms with E-state index < -0.39 is 28.7 Å². The van der Waals surface area contributed by atoms with Crippen LogP contribution in [0.15, 0.2) is 114 Å². The molecule has 6 nitrogen and oxygen atoms in total. The molecule has 4 aromatic carbocycles. The van der Waals surface area contributed by atoms with Crippen molar-refractivity contribution in [3.8, 4) is 11.5 Å². The molecule has 0 amide bonds. The van der Waals surface area contributed by atoms with Crippen molar-refractivity contribution in [2.75, 3.05) is 4.72 Å². The highest BCUT2D eigenvalue weighted by molar-refractivity contribution is 7.86. The quantitative estimate of drug-likeness (QED) is 0.138. The van der Waals surface area contributed by atoms with E-state index in [1.54, 1.807) is 18.2 Å². The van der Waals surface area contributed by atoms with Crippen LogP contribution >= 0.6 is 0 Å². The molecule has 3 N–H and O–H groups in total. The molecule has 0 bridgehead atoms. The van der Waals surface area contributed by atoms with Crippen LogP contribution in [0.2, 0.25) is 0 Å². The van der Waals surface area contributed by atoms with Crippen LogP contribution in [0.5, 0.6) is 11.5 Å². The van der Waals surface area contributed by atoms with Gasteiger partial charge in [-0.15, -0.1) is 0 Å². The Morgan fingerprint density at radius 3 is 2.23 bits per heavy atom. The number of fused-ring (bicyclic) bond motifs is 1. The molecule has 206 valence electrons. The number of halogens is 4. The molecule has 0 aliphatic heterocycles. The molecule has 0 aliphatic carbocycles. The van der Waals surface area contributed by atoms with E-state index in [0.29, 0.717) is 12.1 Å². The molecule has 11 heteroatoms. The lowest BCUT2D eigenvalue weighted by Crippen LogP contribution is -2.09. The highest BCUT2D eigenvalue weighted by atomic mass is 32.2. The van der Waals surface area contributed by atoms with Crippen LogP contribution in [0.25, 0.3) is 11.0 Å². The topological polar surface area (TPSA) is 87.2 Å². The number of nitrogens with zero attached hydrogens (tertiary/aromatic N) is 1. The van der Waals surface area contributed by atoms with E-state index in [0.717, 1.165) is 33.9 Å². The van der Waals surface area contributed by atoms with Crippen LogP contribution in [0.4, 0.5) is 23.2 Å². The number of hydrogen-bond donors (Lipinski definition) is 3. The smallest absolute Gasteiger partial charge is 0.448 e. The minimum atomic E-state index is -4.64. The number of alkyl halides is 3. The lowest BCUT2D eigenvalue weighted by Gasteiger charge is -2.06. The summed E-state index contributed by atoms with van der Waals surface area (Å²) in [6.07, 6.45) is -4.01. The number of para-hydroxylation sites is 1. The number of aliphatic hydroxyl groups excluding tert-OH is 1. The van der Waals surface area contributed by atoms with Gasteiger partial charge in [0.2, 0.25) is 0 Å². The van der Waals surface area contributed by atoms with Gasteiger partial charge in [0.05, 0.1) is 15.9 Å². The Bertz CT molecular complexity index is 1620. The van der Waals surface area contributed by atoms with E-state index in [1.807, 2.05) is 66.7 Å². The SMILES string of the molecule is C=C(O)C(F)(F)F.O=S(Nc1ccc2nc(Cc3ccc(Oc4ccccc4)cc3)[nH]c2c1)c1ccccc1F. The Morgan fingerprint density at radius 2 is 1.57 bits per heavy atom. The van der Waals surface area contributed by atoms with Crippen LogP contribution < -0.4 is 9.46 Å². The number of H-pyrrole nitrogens is 1. The molecular weight excluding hydrogens is 546 g/mol. The largest absolute Gasteiger partial charge is 0.505 e. The van der Waals surface area contributed by atoms with Crippen molar-refractivity contribution in [3.63, 3.8) is 0 Å². The fourth-order valence-corrected chi connectivity index (χ4v) is 4.36. The second-order valence-electron chi connectivity index (χ2n) is 8.40. The Kier molecular flexibility index (Phi) is 8.85. The minimum Gasteiger partial charge on any atom is -0.505 e. The van der Waals surface area contributed by atoms with E-state index in [1.165, 1.54) is 12.1 Å². The number of aliphatic hydroxyl groups is 1. The number of ether oxygens (including phenoxy) is 1. The third-order valence-electron chi connectivity index (χ3n) is 5.38. The zero-order chi connectivity index (χ0) is 28.7. The molecule has 0 fully saturated rings. The molecule has 0 aliphatic rings. The fraction of sp³-hybridized carbons (Fsp3) is 0.0690. The zero-order valence-corrected chi connectivity index (χ0v) is 21.6. The average molecular weight is 570 g/mol. The third-order valence-corrected chi connectivity index (χ3v) is 6.53. The van der Waals surface area contributed by atoms with Gasteiger partial charge in [0.25, 0.3) is 0 Å². The second kappa shape index (κ2) is 12.5. The van der Waals surface area contributed by atoms with Crippen molar-refractivity contribution in [2.24, 2.45) is 0 Å². The molecule has 0 spiro atoms. The Morgan fingerprint density at radius 1 is 0.950 bits per heavy atom. The van der Waals surface area contributed by atoms with E-state index >= 15 is 0 Å². The molecular formula is C29H23F4N3O3S. The first kappa shape index (κ1) is 28.4. The number of rotatable bonds is 7. The summed E-state index contributed by atoms with van der Waals surface area (Å²) in [7, 11) is -1.70. The maximum absolute atomic E-state index is 13.9. The summed E-state index contributed by atoms with van der Waals surface area (Å²) in [5, 5.41) is 7.57. The van der Waals surface area contributed by atoms with E-state index in [-0.39, 0.29) is 4.90 Å². The van der Waals surface area contributed by atoms with Crippen LogP contribution in [0, 0.1) is 5.82 Å². The van der Waals surface area contributed by atoms with Crippen molar-refractivity contribution in [1.29, 1.82) is 0 Å². The zero-order valence-electron chi connectivity index (χ0n) is 20.8. The summed E-state index contributed by atoms with van der Waals surface area (Å²) in [5.41, 5.74) is 3.32. The van der Waals surface area contributed by atoms with Crippen LogP contribution in [0.3, 0.4) is 0 Å². The van der Waals surface area contributed by atoms with Crippen molar-refractivity contribution >= 4 is 27.7 Å². The second-order valence-corrected chi connectivity index (χ2v) is 9.58. The number of benzene rings is 4. The molecule has 5 aromatic rings. The van der Waals surface area contributed by atoms with Crippen molar-refractivity contribution in [2.45, 2.75) is 17.5 Å². The summed E-state index contributed by atoms with van der Waals surface area (Å²) >= 11 is 0. The van der Waals surface area contributed by atoms with Crippen LogP contribution in [-0.2, 0) is 17.4 Å². The van der Waals surface area contributed by atoms with Crippen molar-refractivity contribution in [1.82, 2.24) is 9.97 Å². The van der Waals surface area contributed by atoms with Gasteiger partial charge < -0.3 is 19.5 Å². The van der Waals surface area contributed by atoms with Gasteiger partial charge in [0.1, 0.15) is 23.1 Å². The first-order chi connectivity index (χ1) is 19.1. The maximum atomic E-state index is 13.9. The Labute approximate surface area is 229 Å². The number of anilines is 1. The standard InChI is InChI=1S/C26H20FN3O2S.C3H3F3O/c27-22-8-4-5-9-25(22)33(31)30-19-12-15-23-24(17-19)29-26(28-23)16-18-10-13-21(14-11-18)32-20-6-2-1-3-7-20;1-2(7)3(4,5)6/h1-15,17,30H,16H2,(H,28,29);7H,1H2. The molecule has 1 heterocycles. The fourth-order valence-electron chi connectivity index (χ4n) is 3.46. The predicted molar refractivity (Wildman–Crippen MR) is 146 cm³/mol. The molecule has 1 atom stereocenters. The number of nitrogens with one attached hydrogen (secondary N) is 2. The Hall–Kier alpha value is -4.64. The summed E-state index contributed by atoms with van der Waals surface area (Å²) in [4.78, 5) is 8.06. The molecule has 0 radical (unpaired) electrons. The monoisotopic (exact) mass is 569 g/mol. The van der Waals surface area contributed by atoms with Crippen LogP contribution in [-0.4, -0.2) is 25.5 Å². The van der Waals surface area contributed by atoms with Gasteiger partial charge in [-0.25, -0.2) is 13.6 Å². The number of aromatic nitrogens is 2. The van der Waals surface area contributed by atoms with Gasteiger partial charge in [-0.3, -0.25) is 0 Å². The predicted octanol–water partition coefficient (Wildman–Crippen LogP) is 7.84. The summed E-state index contributed by atoms with van der Waals surface area (Å²) < 4.78 is 67.5. The lowest BCUT2D eigenvalue weighted by atomic mass is 10.1. The highest BCUT2D eigenvalue weighted by Gasteiger charge is 2.31. The summed E-state index contributed by atoms with van der Waals surface area (Å²) in [5.74, 6) is 0.117. The van der Waals surface area contributed by atoms with Crippen molar-refractivity contribution < 1.29 is 31.6 Å². The number of hydrogen-bond acceptors (Lipinski definition) is 4. The van der Waals surface area contributed by atoms with Gasteiger partial charge in [-0.05, 0) is 60.2 Å². The molecule has 0 saturated heterocycles. The summed E-state index contributed by atoms with van der Waals surface area (Å²) in [6, 6.07) is 29.0. The van der Waals surface area contributed by atoms with Gasteiger partial charge in [-0.1, -0.05) is 49.0 Å². The van der Waals surface area contributed by atoms with Gasteiger partial charge in [-0.2, -0.15) is 13.2 Å². The Balaban J connectivity index is 0.000000470. The third kappa shape index (κ3) is 7.70.